The molecule has 0 aliphatic heterocycles. The van der Waals surface area contributed by atoms with Crippen molar-refractivity contribution in [2.75, 3.05) is 5.32 Å². The topological polar surface area (TPSA) is 54.9 Å². The van der Waals surface area contributed by atoms with Gasteiger partial charge < -0.3 is 0 Å². The number of hydrogen-bond donors (Lipinski definition) is 1. The third-order valence-corrected chi connectivity index (χ3v) is 5.05. The van der Waals surface area contributed by atoms with E-state index in [1.165, 1.54) is 16.9 Å². The minimum atomic E-state index is -0.150. The lowest BCUT2D eigenvalue weighted by Gasteiger charge is -2.12. The van der Waals surface area contributed by atoms with Gasteiger partial charge in [-0.25, -0.2) is 0 Å². The van der Waals surface area contributed by atoms with Crippen molar-refractivity contribution in [2.45, 2.75) is 32.6 Å². The summed E-state index contributed by atoms with van der Waals surface area (Å²) < 4.78 is 0. The first kappa shape index (κ1) is 17.3. The summed E-state index contributed by atoms with van der Waals surface area (Å²) in [5.41, 5.74) is 2.76. The van der Waals surface area contributed by atoms with E-state index in [1.807, 2.05) is 42.5 Å². The van der Waals surface area contributed by atoms with Gasteiger partial charge in [-0.15, -0.1) is 10.2 Å². The SMILES string of the molecule is CC(C)(C)c1nnc(NC(=O)c2ccccc2Cc2ccccc2)s1. The molecule has 128 valence electrons. The average Bonchev–Trinajstić information content (AvgIpc) is 3.05. The second-order valence-corrected chi connectivity index (χ2v) is 7.91. The minimum Gasteiger partial charge on any atom is -0.296 e. The molecular formula is C20H21N3OS. The number of carbonyl (C=O) groups excluding carboxylic acids is 1. The molecule has 0 atom stereocenters. The van der Waals surface area contributed by atoms with Gasteiger partial charge in [0.05, 0.1) is 0 Å². The third-order valence-electron chi connectivity index (χ3n) is 3.79. The number of rotatable bonds is 4. The fourth-order valence-electron chi connectivity index (χ4n) is 2.45. The van der Waals surface area contributed by atoms with Gasteiger partial charge in [-0.1, -0.05) is 80.6 Å². The van der Waals surface area contributed by atoms with Gasteiger partial charge in [0.1, 0.15) is 5.01 Å². The van der Waals surface area contributed by atoms with Gasteiger partial charge in [0.25, 0.3) is 5.91 Å². The van der Waals surface area contributed by atoms with Gasteiger partial charge in [-0.2, -0.15) is 0 Å². The van der Waals surface area contributed by atoms with Crippen molar-refractivity contribution in [1.29, 1.82) is 0 Å². The number of benzene rings is 2. The van der Waals surface area contributed by atoms with Crippen LogP contribution in [0.25, 0.3) is 0 Å². The van der Waals surface area contributed by atoms with Crippen LogP contribution in [0.5, 0.6) is 0 Å². The maximum atomic E-state index is 12.7. The summed E-state index contributed by atoms with van der Waals surface area (Å²) in [5.74, 6) is -0.150. The molecule has 3 rings (SSSR count). The number of nitrogens with one attached hydrogen (secondary N) is 1. The zero-order valence-electron chi connectivity index (χ0n) is 14.6. The standard InChI is InChI=1S/C20H21N3OS/c1-20(2,3)18-22-23-19(25-18)21-17(24)16-12-8-7-11-15(16)13-14-9-5-4-6-10-14/h4-12H,13H2,1-3H3,(H,21,23,24). The highest BCUT2D eigenvalue weighted by atomic mass is 32.1. The molecule has 1 N–H and O–H groups in total. The number of aromatic nitrogens is 2. The van der Waals surface area contributed by atoms with Crippen LogP contribution < -0.4 is 5.32 Å². The molecule has 1 heterocycles. The Morgan fingerprint density at radius 3 is 2.36 bits per heavy atom. The molecule has 0 saturated carbocycles. The third kappa shape index (κ3) is 4.31. The average molecular weight is 351 g/mol. The predicted molar refractivity (Wildman–Crippen MR) is 102 cm³/mol. The molecule has 0 aliphatic carbocycles. The van der Waals surface area contributed by atoms with Gasteiger partial charge in [0.2, 0.25) is 5.13 Å². The Morgan fingerprint density at radius 1 is 1.00 bits per heavy atom. The Kier molecular flexibility index (Phi) is 4.95. The van der Waals surface area contributed by atoms with E-state index in [4.69, 9.17) is 0 Å². The first-order valence-electron chi connectivity index (χ1n) is 8.20. The van der Waals surface area contributed by atoms with Crippen LogP contribution >= 0.6 is 11.3 Å². The molecule has 2 aromatic carbocycles. The smallest absolute Gasteiger partial charge is 0.257 e. The van der Waals surface area contributed by atoms with E-state index in [0.29, 0.717) is 17.1 Å². The van der Waals surface area contributed by atoms with Crippen molar-refractivity contribution in [1.82, 2.24) is 10.2 Å². The van der Waals surface area contributed by atoms with Crippen LogP contribution in [0.2, 0.25) is 0 Å². The Balaban J connectivity index is 1.80. The van der Waals surface area contributed by atoms with Crippen LogP contribution in [-0.4, -0.2) is 16.1 Å². The first-order chi connectivity index (χ1) is 11.9. The Hall–Kier alpha value is -2.53. The van der Waals surface area contributed by atoms with Gasteiger partial charge in [0, 0.05) is 11.0 Å². The monoisotopic (exact) mass is 351 g/mol. The number of anilines is 1. The number of carbonyl (C=O) groups is 1. The van der Waals surface area contributed by atoms with Gasteiger partial charge in [0.15, 0.2) is 0 Å². The maximum Gasteiger partial charge on any atom is 0.257 e. The Morgan fingerprint density at radius 2 is 1.68 bits per heavy atom. The van der Waals surface area contributed by atoms with Gasteiger partial charge >= 0.3 is 0 Å². The van der Waals surface area contributed by atoms with Crippen molar-refractivity contribution in [3.8, 4) is 0 Å². The van der Waals surface area contributed by atoms with E-state index >= 15 is 0 Å². The van der Waals surface area contributed by atoms with Gasteiger partial charge in [-0.05, 0) is 23.6 Å². The number of hydrogen-bond acceptors (Lipinski definition) is 4. The maximum absolute atomic E-state index is 12.7. The molecule has 0 unspecified atom stereocenters. The summed E-state index contributed by atoms with van der Waals surface area (Å²) >= 11 is 1.42. The summed E-state index contributed by atoms with van der Waals surface area (Å²) in [6.45, 7) is 6.23. The van der Waals surface area contributed by atoms with Crippen molar-refractivity contribution in [2.24, 2.45) is 0 Å². The highest BCUT2D eigenvalue weighted by molar-refractivity contribution is 7.15. The van der Waals surface area contributed by atoms with E-state index in [0.717, 1.165) is 10.6 Å². The molecule has 1 amide bonds. The molecule has 0 radical (unpaired) electrons. The van der Waals surface area contributed by atoms with Crippen LogP contribution in [-0.2, 0) is 11.8 Å². The van der Waals surface area contributed by atoms with E-state index in [2.05, 4.69) is 48.4 Å². The molecule has 0 saturated heterocycles. The quantitative estimate of drug-likeness (QED) is 0.742. The molecule has 5 heteroatoms. The predicted octanol–water partition coefficient (Wildman–Crippen LogP) is 4.68. The summed E-state index contributed by atoms with van der Waals surface area (Å²) in [6, 6.07) is 17.8. The van der Waals surface area contributed by atoms with Crippen LogP contribution in [0.1, 0.15) is 47.3 Å². The second kappa shape index (κ2) is 7.15. The molecule has 0 aliphatic rings. The summed E-state index contributed by atoms with van der Waals surface area (Å²) in [5, 5.41) is 12.6. The molecule has 1 aromatic heterocycles. The fourth-order valence-corrected chi connectivity index (χ4v) is 3.25. The van der Waals surface area contributed by atoms with Crippen molar-refractivity contribution >= 4 is 22.4 Å². The van der Waals surface area contributed by atoms with Crippen molar-refractivity contribution in [3.05, 3.63) is 76.3 Å². The van der Waals surface area contributed by atoms with Crippen LogP contribution in [0.15, 0.2) is 54.6 Å². The minimum absolute atomic E-state index is 0.0775. The Bertz CT molecular complexity index is 866. The lowest BCUT2D eigenvalue weighted by molar-refractivity contribution is 0.102. The molecule has 0 fully saturated rings. The van der Waals surface area contributed by atoms with E-state index in [-0.39, 0.29) is 11.3 Å². The van der Waals surface area contributed by atoms with E-state index in [9.17, 15) is 4.79 Å². The lowest BCUT2D eigenvalue weighted by atomic mass is 9.98. The Labute approximate surface area is 151 Å². The normalized spacial score (nSPS) is 11.3. The molecule has 4 nitrogen and oxygen atoms in total. The fraction of sp³-hybridized carbons (Fsp3) is 0.250. The first-order valence-corrected chi connectivity index (χ1v) is 9.02. The highest BCUT2D eigenvalue weighted by Gasteiger charge is 2.20. The zero-order chi connectivity index (χ0) is 17.9. The van der Waals surface area contributed by atoms with Crippen LogP contribution in [0, 0.1) is 0 Å². The van der Waals surface area contributed by atoms with Crippen LogP contribution in [0.3, 0.4) is 0 Å². The largest absolute Gasteiger partial charge is 0.296 e. The molecule has 0 spiro atoms. The van der Waals surface area contributed by atoms with Crippen LogP contribution in [0.4, 0.5) is 5.13 Å². The number of nitrogens with zero attached hydrogens (tertiary/aromatic N) is 2. The summed E-state index contributed by atoms with van der Waals surface area (Å²) in [4.78, 5) is 12.7. The lowest BCUT2D eigenvalue weighted by Crippen LogP contribution is -2.14. The zero-order valence-corrected chi connectivity index (χ0v) is 15.4. The number of amides is 1. The molecular weight excluding hydrogens is 330 g/mol. The summed E-state index contributed by atoms with van der Waals surface area (Å²) in [6.07, 6.45) is 0.716. The van der Waals surface area contributed by atoms with Gasteiger partial charge in [-0.3, -0.25) is 10.1 Å². The van der Waals surface area contributed by atoms with Crippen molar-refractivity contribution in [3.63, 3.8) is 0 Å². The van der Waals surface area contributed by atoms with E-state index in [1.54, 1.807) is 0 Å². The second-order valence-electron chi connectivity index (χ2n) is 6.94. The molecule has 3 aromatic rings. The molecule has 0 bridgehead atoms. The van der Waals surface area contributed by atoms with E-state index < -0.39 is 0 Å². The highest BCUT2D eigenvalue weighted by Crippen LogP contribution is 2.28. The summed E-state index contributed by atoms with van der Waals surface area (Å²) in [7, 11) is 0. The molecule has 25 heavy (non-hydrogen) atoms. The van der Waals surface area contributed by atoms with Crippen molar-refractivity contribution < 1.29 is 4.79 Å².